The maximum atomic E-state index is 12.3. The van der Waals surface area contributed by atoms with Crippen LogP contribution in [0, 0.1) is 0 Å². The van der Waals surface area contributed by atoms with Crippen LogP contribution in [0.5, 0.6) is 0 Å². The van der Waals surface area contributed by atoms with Gasteiger partial charge in [-0.2, -0.15) is 16.9 Å². The van der Waals surface area contributed by atoms with Gasteiger partial charge in [-0.05, 0) is 13.5 Å². The van der Waals surface area contributed by atoms with E-state index >= 15 is 0 Å². The lowest BCUT2D eigenvalue weighted by Gasteiger charge is -2.30. The van der Waals surface area contributed by atoms with Gasteiger partial charge < -0.3 is 0 Å². The second kappa shape index (κ2) is 6.33. The van der Waals surface area contributed by atoms with Gasteiger partial charge in [0.05, 0.1) is 12.5 Å². The molecule has 2 heterocycles. The zero-order valence-corrected chi connectivity index (χ0v) is 11.8. The first kappa shape index (κ1) is 13.5. The van der Waals surface area contributed by atoms with E-state index in [1.807, 2.05) is 23.5 Å². The minimum absolute atomic E-state index is 0.0375. The van der Waals surface area contributed by atoms with Gasteiger partial charge in [-0.25, -0.2) is 9.67 Å². The van der Waals surface area contributed by atoms with E-state index in [4.69, 9.17) is 0 Å². The largest absolute Gasteiger partial charge is 0.297 e. The second-order valence-corrected chi connectivity index (χ2v) is 5.76. The molecular weight excluding hydrogens is 248 g/mol. The summed E-state index contributed by atoms with van der Waals surface area (Å²) in [5.41, 5.74) is 0. The first-order chi connectivity index (χ1) is 8.72. The van der Waals surface area contributed by atoms with Crippen LogP contribution in [0.2, 0.25) is 0 Å². The topological polar surface area (TPSA) is 51.0 Å². The first-order valence-corrected chi connectivity index (χ1v) is 7.55. The fraction of sp³-hybridized carbons (Fsp3) is 0.750. The molecule has 0 spiro atoms. The van der Waals surface area contributed by atoms with Gasteiger partial charge in [-0.1, -0.05) is 6.92 Å². The first-order valence-electron chi connectivity index (χ1n) is 6.39. The smallest absolute Gasteiger partial charge is 0.158 e. The highest BCUT2D eigenvalue weighted by Crippen LogP contribution is 2.16. The molecule has 1 aliphatic heterocycles. The maximum absolute atomic E-state index is 12.3. The molecule has 6 heteroatoms. The van der Waals surface area contributed by atoms with Crippen LogP contribution in [-0.2, 0) is 17.8 Å². The Morgan fingerprint density at radius 2 is 2.44 bits per heavy atom. The SMILES string of the molecule is CCCn1ncnc1CC(=O)C1CSCCN1C. The summed E-state index contributed by atoms with van der Waals surface area (Å²) in [6.07, 6.45) is 2.94. The minimum Gasteiger partial charge on any atom is -0.297 e. The number of Topliss-reactive ketones (excluding diaryl/α,β-unsaturated/α-hetero) is 1. The quantitative estimate of drug-likeness (QED) is 0.792. The highest BCUT2D eigenvalue weighted by molar-refractivity contribution is 7.99. The highest BCUT2D eigenvalue weighted by Gasteiger charge is 2.27. The van der Waals surface area contributed by atoms with Crippen LogP contribution in [0.4, 0.5) is 0 Å². The van der Waals surface area contributed by atoms with E-state index in [1.165, 1.54) is 6.33 Å². The van der Waals surface area contributed by atoms with Gasteiger partial charge in [0.1, 0.15) is 12.2 Å². The van der Waals surface area contributed by atoms with Crippen LogP contribution in [0.15, 0.2) is 6.33 Å². The second-order valence-electron chi connectivity index (χ2n) is 4.61. The Bertz CT molecular complexity index is 407. The summed E-state index contributed by atoms with van der Waals surface area (Å²) < 4.78 is 1.84. The number of thioether (sulfide) groups is 1. The highest BCUT2D eigenvalue weighted by atomic mass is 32.2. The lowest BCUT2D eigenvalue weighted by atomic mass is 10.1. The molecule has 0 N–H and O–H groups in total. The number of carbonyl (C=O) groups is 1. The number of hydrogen-bond acceptors (Lipinski definition) is 5. The molecule has 1 unspecified atom stereocenters. The van der Waals surface area contributed by atoms with Crippen LogP contribution in [0.1, 0.15) is 19.2 Å². The molecule has 1 aromatic heterocycles. The van der Waals surface area contributed by atoms with Crippen molar-refractivity contribution in [3.05, 3.63) is 12.2 Å². The molecule has 1 aromatic rings. The summed E-state index contributed by atoms with van der Waals surface area (Å²) >= 11 is 1.86. The van der Waals surface area contributed by atoms with E-state index in [9.17, 15) is 4.79 Å². The Kier molecular flexibility index (Phi) is 4.77. The van der Waals surface area contributed by atoms with Gasteiger partial charge in [0.15, 0.2) is 5.78 Å². The van der Waals surface area contributed by atoms with Gasteiger partial charge in [0.2, 0.25) is 0 Å². The summed E-state index contributed by atoms with van der Waals surface area (Å²) in [5.74, 6) is 3.07. The van der Waals surface area contributed by atoms with Crippen LogP contribution in [0.25, 0.3) is 0 Å². The fourth-order valence-corrected chi connectivity index (χ4v) is 3.37. The molecule has 18 heavy (non-hydrogen) atoms. The molecule has 0 amide bonds. The Labute approximate surface area is 112 Å². The Morgan fingerprint density at radius 1 is 1.61 bits per heavy atom. The maximum Gasteiger partial charge on any atom is 0.158 e. The summed E-state index contributed by atoms with van der Waals surface area (Å²) in [5, 5.41) is 4.16. The standard InChI is InChI=1S/C12H20N4OS/c1-3-4-16-12(13-9-14-16)7-11(17)10-8-18-6-5-15(10)2/h9-10H,3-8H2,1-2H3. The lowest BCUT2D eigenvalue weighted by Crippen LogP contribution is -2.45. The third kappa shape index (κ3) is 3.11. The minimum atomic E-state index is 0.0375. The molecular formula is C12H20N4OS. The van der Waals surface area contributed by atoms with Crippen molar-refractivity contribution in [3.8, 4) is 0 Å². The van der Waals surface area contributed by atoms with Crippen molar-refractivity contribution in [2.75, 3.05) is 25.1 Å². The Morgan fingerprint density at radius 3 is 3.17 bits per heavy atom. The zero-order valence-electron chi connectivity index (χ0n) is 11.0. The third-order valence-corrected chi connectivity index (χ3v) is 4.25. The van der Waals surface area contributed by atoms with Crippen LogP contribution >= 0.6 is 11.8 Å². The van der Waals surface area contributed by atoms with Crippen molar-refractivity contribution in [3.63, 3.8) is 0 Å². The van der Waals surface area contributed by atoms with Gasteiger partial charge in [-0.15, -0.1) is 0 Å². The van der Waals surface area contributed by atoms with Crippen LogP contribution in [0.3, 0.4) is 0 Å². The Hall–Kier alpha value is -0.880. The van der Waals surface area contributed by atoms with Crippen LogP contribution < -0.4 is 0 Å². The molecule has 0 bridgehead atoms. The van der Waals surface area contributed by atoms with E-state index in [1.54, 1.807) is 0 Å². The van der Waals surface area contributed by atoms with E-state index in [0.29, 0.717) is 6.42 Å². The monoisotopic (exact) mass is 268 g/mol. The number of aryl methyl sites for hydroxylation is 1. The molecule has 1 saturated heterocycles. The van der Waals surface area contributed by atoms with Crippen molar-refractivity contribution in [1.82, 2.24) is 19.7 Å². The normalized spacial score (nSPS) is 21.1. The number of carbonyl (C=O) groups excluding carboxylic acids is 1. The number of nitrogens with zero attached hydrogens (tertiary/aromatic N) is 4. The molecule has 1 aliphatic rings. The predicted octanol–water partition coefficient (Wildman–Crippen LogP) is 0.847. The molecule has 1 atom stereocenters. The molecule has 100 valence electrons. The van der Waals surface area contributed by atoms with E-state index in [2.05, 4.69) is 21.9 Å². The molecule has 0 aliphatic carbocycles. The van der Waals surface area contributed by atoms with Gasteiger partial charge in [0.25, 0.3) is 0 Å². The number of rotatable bonds is 5. The average Bonchev–Trinajstić information content (AvgIpc) is 2.78. The van der Waals surface area contributed by atoms with Gasteiger partial charge in [0, 0.05) is 24.6 Å². The summed E-state index contributed by atoms with van der Waals surface area (Å²) in [7, 11) is 2.03. The molecule has 2 rings (SSSR count). The number of aromatic nitrogens is 3. The van der Waals surface area contributed by atoms with Gasteiger partial charge >= 0.3 is 0 Å². The molecule has 5 nitrogen and oxygen atoms in total. The number of ketones is 1. The summed E-state index contributed by atoms with van der Waals surface area (Å²) in [6, 6.07) is 0.0375. The Balaban J connectivity index is 1.99. The van der Waals surface area contributed by atoms with Gasteiger partial charge in [-0.3, -0.25) is 9.69 Å². The molecule has 1 fully saturated rings. The summed E-state index contributed by atoms with van der Waals surface area (Å²) in [6.45, 7) is 3.92. The van der Waals surface area contributed by atoms with E-state index < -0.39 is 0 Å². The number of likely N-dealkylation sites (N-methyl/N-ethyl adjacent to an activating group) is 1. The van der Waals surface area contributed by atoms with E-state index in [0.717, 1.165) is 36.8 Å². The van der Waals surface area contributed by atoms with Crippen molar-refractivity contribution in [1.29, 1.82) is 0 Å². The van der Waals surface area contributed by atoms with Crippen LogP contribution in [-0.4, -0.2) is 56.6 Å². The van der Waals surface area contributed by atoms with Crippen molar-refractivity contribution >= 4 is 17.5 Å². The lowest BCUT2D eigenvalue weighted by molar-refractivity contribution is -0.122. The fourth-order valence-electron chi connectivity index (χ4n) is 2.12. The average molecular weight is 268 g/mol. The van der Waals surface area contributed by atoms with E-state index in [-0.39, 0.29) is 11.8 Å². The number of hydrogen-bond donors (Lipinski definition) is 0. The zero-order chi connectivity index (χ0) is 13.0. The van der Waals surface area contributed by atoms with Crippen molar-refractivity contribution in [2.24, 2.45) is 0 Å². The summed E-state index contributed by atoms with van der Waals surface area (Å²) in [4.78, 5) is 18.6. The molecule has 0 aromatic carbocycles. The molecule has 0 saturated carbocycles. The van der Waals surface area contributed by atoms with Crippen molar-refractivity contribution < 1.29 is 4.79 Å². The molecule has 0 radical (unpaired) electrons. The van der Waals surface area contributed by atoms with Crippen molar-refractivity contribution in [2.45, 2.75) is 32.4 Å². The third-order valence-electron chi connectivity index (χ3n) is 3.23. The predicted molar refractivity (Wildman–Crippen MR) is 72.8 cm³/mol.